The van der Waals surface area contributed by atoms with Crippen molar-refractivity contribution >= 4 is 11.8 Å². The average molecular weight is 353 g/mol. The summed E-state index contributed by atoms with van der Waals surface area (Å²) in [6.45, 7) is 10.1. The summed E-state index contributed by atoms with van der Waals surface area (Å²) >= 11 is 0. The van der Waals surface area contributed by atoms with Crippen LogP contribution >= 0.6 is 0 Å². The number of nitrogens with zero attached hydrogens (tertiary/aromatic N) is 4. The first kappa shape index (κ1) is 20.2. The highest BCUT2D eigenvalue weighted by Gasteiger charge is 2.26. The van der Waals surface area contributed by atoms with Crippen LogP contribution in [-0.4, -0.2) is 96.9 Å². The second kappa shape index (κ2) is 10.1. The molecule has 0 bridgehead atoms. The first-order valence-corrected chi connectivity index (χ1v) is 10.0. The van der Waals surface area contributed by atoms with Crippen molar-refractivity contribution in [3.05, 3.63) is 0 Å². The highest BCUT2D eigenvalue weighted by molar-refractivity contribution is 5.79. The Balaban J connectivity index is 1.70. The normalized spacial score (nSPS) is 20.4. The topological polar surface area (TPSA) is 47.1 Å². The molecule has 1 saturated heterocycles. The van der Waals surface area contributed by atoms with Crippen molar-refractivity contribution in [3.8, 4) is 0 Å². The van der Waals surface area contributed by atoms with E-state index in [4.69, 9.17) is 0 Å². The van der Waals surface area contributed by atoms with E-state index >= 15 is 0 Å². The van der Waals surface area contributed by atoms with Crippen LogP contribution in [0.3, 0.4) is 0 Å². The fourth-order valence-electron chi connectivity index (χ4n) is 3.95. The fourth-order valence-corrected chi connectivity index (χ4v) is 3.95. The molecule has 0 aromatic heterocycles. The van der Waals surface area contributed by atoms with Crippen LogP contribution in [0.5, 0.6) is 0 Å². The predicted molar refractivity (Wildman–Crippen MR) is 100 cm³/mol. The lowest BCUT2D eigenvalue weighted by Gasteiger charge is -2.37. The molecule has 0 atom stereocenters. The van der Waals surface area contributed by atoms with Crippen LogP contribution < -0.4 is 0 Å². The summed E-state index contributed by atoms with van der Waals surface area (Å²) in [6.07, 6.45) is 6.13. The highest BCUT2D eigenvalue weighted by atomic mass is 16.2. The molecular formula is C19H36N4O2. The molecule has 1 heterocycles. The Morgan fingerprint density at radius 3 is 1.80 bits per heavy atom. The molecule has 1 aliphatic heterocycles. The molecule has 1 saturated carbocycles. The van der Waals surface area contributed by atoms with E-state index < -0.39 is 0 Å². The maximum Gasteiger partial charge on any atom is 0.236 e. The van der Waals surface area contributed by atoms with Gasteiger partial charge in [-0.05, 0) is 26.7 Å². The lowest BCUT2D eigenvalue weighted by Crippen LogP contribution is -2.52. The zero-order chi connectivity index (χ0) is 18.2. The molecule has 0 aromatic carbocycles. The monoisotopic (exact) mass is 352 g/mol. The lowest BCUT2D eigenvalue weighted by atomic mass is 9.94. The van der Waals surface area contributed by atoms with Gasteiger partial charge in [0.15, 0.2) is 0 Å². The van der Waals surface area contributed by atoms with E-state index in [1.807, 2.05) is 30.7 Å². The highest BCUT2D eigenvalue weighted by Crippen LogP contribution is 2.21. The second-order valence-electron chi connectivity index (χ2n) is 7.41. The molecule has 144 valence electrons. The van der Waals surface area contributed by atoms with Crippen LogP contribution in [0.15, 0.2) is 0 Å². The third kappa shape index (κ3) is 5.96. The SMILES string of the molecule is CCN(CC)C(=O)CN1CCN(CC(=O)N(C)C2CCCCC2)CC1. The van der Waals surface area contributed by atoms with Crippen LogP contribution in [-0.2, 0) is 9.59 Å². The minimum Gasteiger partial charge on any atom is -0.342 e. The van der Waals surface area contributed by atoms with Crippen molar-refractivity contribution in [1.29, 1.82) is 0 Å². The van der Waals surface area contributed by atoms with Gasteiger partial charge in [0.25, 0.3) is 0 Å². The second-order valence-corrected chi connectivity index (χ2v) is 7.41. The van der Waals surface area contributed by atoms with Gasteiger partial charge in [-0.1, -0.05) is 19.3 Å². The molecular weight excluding hydrogens is 316 g/mol. The van der Waals surface area contributed by atoms with Gasteiger partial charge in [-0.2, -0.15) is 0 Å². The summed E-state index contributed by atoms with van der Waals surface area (Å²) in [7, 11) is 1.97. The Hall–Kier alpha value is -1.14. The zero-order valence-corrected chi connectivity index (χ0v) is 16.4. The van der Waals surface area contributed by atoms with Crippen molar-refractivity contribution < 1.29 is 9.59 Å². The van der Waals surface area contributed by atoms with E-state index in [1.165, 1.54) is 19.3 Å². The quantitative estimate of drug-likeness (QED) is 0.692. The molecule has 2 rings (SSSR count). The predicted octanol–water partition coefficient (Wildman–Crippen LogP) is 1.26. The van der Waals surface area contributed by atoms with E-state index in [9.17, 15) is 9.59 Å². The number of carbonyl (C=O) groups is 2. The first-order valence-electron chi connectivity index (χ1n) is 10.0. The number of rotatable bonds is 7. The molecule has 0 radical (unpaired) electrons. The maximum atomic E-state index is 12.5. The van der Waals surface area contributed by atoms with Gasteiger partial charge in [-0.15, -0.1) is 0 Å². The Labute approximate surface area is 153 Å². The van der Waals surface area contributed by atoms with E-state index in [0.29, 0.717) is 19.1 Å². The first-order chi connectivity index (χ1) is 12.0. The zero-order valence-electron chi connectivity index (χ0n) is 16.4. The van der Waals surface area contributed by atoms with Crippen LogP contribution in [0.2, 0.25) is 0 Å². The van der Waals surface area contributed by atoms with Gasteiger partial charge >= 0.3 is 0 Å². The van der Waals surface area contributed by atoms with Crippen molar-refractivity contribution in [3.63, 3.8) is 0 Å². The Morgan fingerprint density at radius 1 is 0.840 bits per heavy atom. The molecule has 2 aliphatic rings. The van der Waals surface area contributed by atoms with Crippen LogP contribution in [0.25, 0.3) is 0 Å². The van der Waals surface area contributed by atoms with Gasteiger partial charge < -0.3 is 9.80 Å². The smallest absolute Gasteiger partial charge is 0.236 e. The minimum absolute atomic E-state index is 0.214. The Morgan fingerprint density at radius 2 is 1.32 bits per heavy atom. The third-order valence-electron chi connectivity index (χ3n) is 5.81. The molecule has 0 unspecified atom stereocenters. The van der Waals surface area contributed by atoms with Gasteiger partial charge in [0.2, 0.25) is 11.8 Å². The fraction of sp³-hybridized carbons (Fsp3) is 0.895. The van der Waals surface area contributed by atoms with Crippen LogP contribution in [0.4, 0.5) is 0 Å². The number of likely N-dealkylation sites (N-methyl/N-ethyl adjacent to an activating group) is 2. The van der Waals surface area contributed by atoms with Crippen LogP contribution in [0.1, 0.15) is 46.0 Å². The summed E-state index contributed by atoms with van der Waals surface area (Å²) in [6, 6.07) is 0.439. The number of hydrogen-bond donors (Lipinski definition) is 0. The molecule has 2 amide bonds. The summed E-state index contributed by atoms with van der Waals surface area (Å²) < 4.78 is 0. The van der Waals surface area contributed by atoms with Gasteiger partial charge in [-0.25, -0.2) is 0 Å². The molecule has 6 nitrogen and oxygen atoms in total. The van der Waals surface area contributed by atoms with Gasteiger partial charge in [0.1, 0.15) is 0 Å². The van der Waals surface area contributed by atoms with E-state index in [1.54, 1.807) is 0 Å². The van der Waals surface area contributed by atoms with E-state index in [-0.39, 0.29) is 11.8 Å². The molecule has 0 aromatic rings. The Kier molecular flexibility index (Phi) is 8.16. The van der Waals surface area contributed by atoms with Gasteiger partial charge in [-0.3, -0.25) is 19.4 Å². The molecule has 25 heavy (non-hydrogen) atoms. The average Bonchev–Trinajstić information content (AvgIpc) is 2.64. The Bertz CT molecular complexity index is 425. The molecule has 1 aliphatic carbocycles. The summed E-state index contributed by atoms with van der Waals surface area (Å²) in [5, 5.41) is 0. The molecule has 6 heteroatoms. The molecule has 0 N–H and O–H groups in total. The van der Waals surface area contributed by atoms with Crippen molar-refractivity contribution in [2.24, 2.45) is 0 Å². The number of carbonyl (C=O) groups excluding carboxylic acids is 2. The summed E-state index contributed by atoms with van der Waals surface area (Å²) in [4.78, 5) is 33.1. The maximum absolute atomic E-state index is 12.5. The largest absolute Gasteiger partial charge is 0.342 e. The lowest BCUT2D eigenvalue weighted by molar-refractivity contribution is -0.135. The molecule has 2 fully saturated rings. The summed E-state index contributed by atoms with van der Waals surface area (Å²) in [5.41, 5.74) is 0. The van der Waals surface area contributed by atoms with E-state index in [2.05, 4.69) is 9.80 Å². The van der Waals surface area contributed by atoms with Gasteiger partial charge in [0.05, 0.1) is 13.1 Å². The van der Waals surface area contributed by atoms with Crippen LogP contribution in [0, 0.1) is 0 Å². The summed E-state index contributed by atoms with van der Waals surface area (Å²) in [5.74, 6) is 0.464. The third-order valence-corrected chi connectivity index (χ3v) is 5.81. The number of amides is 2. The van der Waals surface area contributed by atoms with Gasteiger partial charge in [0, 0.05) is 52.4 Å². The van der Waals surface area contributed by atoms with Crippen molar-refractivity contribution in [2.75, 3.05) is 59.4 Å². The minimum atomic E-state index is 0.214. The number of piperazine rings is 1. The van der Waals surface area contributed by atoms with Crippen molar-refractivity contribution in [2.45, 2.75) is 52.0 Å². The standard InChI is InChI=1S/C19H36N4O2/c1-4-23(5-2)19(25)16-22-13-11-21(12-14-22)15-18(24)20(3)17-9-7-6-8-10-17/h17H,4-16H2,1-3H3. The van der Waals surface area contributed by atoms with E-state index in [0.717, 1.165) is 52.1 Å². The van der Waals surface area contributed by atoms with Crippen molar-refractivity contribution in [1.82, 2.24) is 19.6 Å². The molecule has 0 spiro atoms. The number of hydrogen-bond acceptors (Lipinski definition) is 4.